The number of aromatic nitrogens is 3. The van der Waals surface area contributed by atoms with E-state index in [-0.39, 0.29) is 11.6 Å². The van der Waals surface area contributed by atoms with Crippen LogP contribution in [-0.2, 0) is 11.3 Å². The maximum Gasteiger partial charge on any atom is 0.407 e. The van der Waals surface area contributed by atoms with Crippen molar-refractivity contribution in [2.45, 2.75) is 45.9 Å². The maximum absolute atomic E-state index is 12.5. The number of nitrogens with one attached hydrogen (secondary N) is 3. The lowest BCUT2D eigenvalue weighted by atomic mass is 10.0. The number of pyridine rings is 1. The van der Waals surface area contributed by atoms with E-state index >= 15 is 0 Å². The fourth-order valence-electron chi connectivity index (χ4n) is 4.80. The van der Waals surface area contributed by atoms with E-state index in [1.165, 1.54) is 0 Å². The van der Waals surface area contributed by atoms with Crippen LogP contribution in [0.2, 0.25) is 0 Å². The zero-order valence-electron chi connectivity index (χ0n) is 24.2. The monoisotopic (exact) mass is 575 g/mol. The molecule has 0 saturated carbocycles. The summed E-state index contributed by atoms with van der Waals surface area (Å²) in [5, 5.41) is 16.7. The number of fused-ring (bicyclic) bond motifs is 1. The summed E-state index contributed by atoms with van der Waals surface area (Å²) in [7, 11) is 2.12. The average molecular weight is 576 g/mol. The molecule has 1 saturated heterocycles. The molecule has 5 rings (SSSR count). The van der Waals surface area contributed by atoms with Crippen molar-refractivity contribution in [3.63, 3.8) is 0 Å². The Hall–Kier alpha value is -3.96. The number of aromatic amines is 1. The Morgan fingerprint density at radius 3 is 2.66 bits per heavy atom. The SMILES string of the molecule is CC(Nc1n[nH]c(=O)c2cnc(N3CCN(C)CC3)cc12)c1cc(-c2ccccc2CNC(=O)OC(C)(C)C)cs1. The van der Waals surface area contributed by atoms with Crippen molar-refractivity contribution in [3.8, 4) is 11.1 Å². The zero-order chi connectivity index (χ0) is 29.1. The molecule has 41 heavy (non-hydrogen) atoms. The second kappa shape index (κ2) is 11.9. The Kier molecular flexibility index (Phi) is 8.27. The third-order valence-corrected chi connectivity index (χ3v) is 8.15. The molecule has 3 aromatic heterocycles. The summed E-state index contributed by atoms with van der Waals surface area (Å²) in [5.41, 5.74) is 2.31. The van der Waals surface area contributed by atoms with E-state index in [0.29, 0.717) is 17.7 Å². The highest BCUT2D eigenvalue weighted by molar-refractivity contribution is 7.10. The molecule has 0 aliphatic carbocycles. The second-order valence-corrected chi connectivity index (χ2v) is 12.3. The van der Waals surface area contributed by atoms with Gasteiger partial charge in [-0.1, -0.05) is 24.3 Å². The van der Waals surface area contributed by atoms with Gasteiger partial charge in [-0.05, 0) is 68.9 Å². The van der Waals surface area contributed by atoms with Gasteiger partial charge in [-0.2, -0.15) is 5.10 Å². The number of carbonyl (C=O) groups excluding carboxylic acids is 1. The lowest BCUT2D eigenvalue weighted by molar-refractivity contribution is 0.0523. The van der Waals surface area contributed by atoms with E-state index in [0.717, 1.165) is 59.0 Å². The maximum atomic E-state index is 12.5. The largest absolute Gasteiger partial charge is 0.444 e. The molecular formula is C30H37N7O3S. The van der Waals surface area contributed by atoms with Gasteiger partial charge in [-0.25, -0.2) is 14.9 Å². The molecule has 3 N–H and O–H groups in total. The fraction of sp³-hybridized carbons (Fsp3) is 0.400. The van der Waals surface area contributed by atoms with Crippen molar-refractivity contribution in [1.82, 2.24) is 25.4 Å². The predicted octanol–water partition coefficient (Wildman–Crippen LogP) is 5.00. The van der Waals surface area contributed by atoms with Gasteiger partial charge in [0, 0.05) is 49.2 Å². The number of rotatable bonds is 7. The van der Waals surface area contributed by atoms with Crippen LogP contribution < -0.4 is 21.1 Å². The number of ether oxygens (including phenoxy) is 1. The van der Waals surface area contributed by atoms with E-state index in [9.17, 15) is 9.59 Å². The molecule has 11 heteroatoms. The molecule has 0 radical (unpaired) electrons. The van der Waals surface area contributed by atoms with Gasteiger partial charge in [-0.3, -0.25) is 4.79 Å². The minimum absolute atomic E-state index is 0.0670. The van der Waals surface area contributed by atoms with Crippen LogP contribution in [0.5, 0.6) is 0 Å². The summed E-state index contributed by atoms with van der Waals surface area (Å²) in [4.78, 5) is 35.0. The first-order valence-electron chi connectivity index (χ1n) is 13.8. The number of thiophene rings is 1. The summed E-state index contributed by atoms with van der Waals surface area (Å²) in [5.74, 6) is 1.46. The summed E-state index contributed by atoms with van der Waals surface area (Å²) in [6.45, 7) is 11.7. The number of hydrogen-bond acceptors (Lipinski definition) is 9. The molecule has 216 valence electrons. The highest BCUT2D eigenvalue weighted by Gasteiger charge is 2.20. The quantitative estimate of drug-likeness (QED) is 0.282. The topological polar surface area (TPSA) is 115 Å². The third-order valence-electron chi connectivity index (χ3n) is 7.04. The molecule has 1 aromatic carbocycles. The van der Waals surface area contributed by atoms with Crippen LogP contribution in [0.3, 0.4) is 0 Å². The smallest absolute Gasteiger partial charge is 0.407 e. The second-order valence-electron chi connectivity index (χ2n) is 11.4. The predicted molar refractivity (Wildman–Crippen MR) is 165 cm³/mol. The lowest BCUT2D eigenvalue weighted by Crippen LogP contribution is -2.44. The van der Waals surface area contributed by atoms with Crippen LogP contribution in [0.15, 0.2) is 52.8 Å². The minimum atomic E-state index is -0.552. The number of carbonyl (C=O) groups is 1. The number of alkyl carbamates (subject to hydrolysis) is 1. The Labute approximate surface area is 243 Å². The van der Waals surface area contributed by atoms with Crippen LogP contribution in [0.1, 0.15) is 44.2 Å². The van der Waals surface area contributed by atoms with E-state index in [1.807, 2.05) is 45.0 Å². The van der Waals surface area contributed by atoms with Gasteiger partial charge in [-0.15, -0.1) is 11.3 Å². The highest BCUT2D eigenvalue weighted by atomic mass is 32.1. The standard InChI is InChI=1S/C30H37N7O3S/c1-19(25-14-21(18-41-25)22-9-7-6-8-20(22)16-32-29(39)40-30(2,3)4)33-27-23-15-26(37-12-10-36(5)11-13-37)31-17-24(23)28(38)35-34-27/h6-9,14-15,17-19H,10-13,16H2,1-5H3,(H,32,39)(H,33,34)(H,35,38). The van der Waals surface area contributed by atoms with Gasteiger partial charge in [0.1, 0.15) is 11.4 Å². The molecule has 1 unspecified atom stereocenters. The molecule has 4 aromatic rings. The Balaban J connectivity index is 1.34. The van der Waals surface area contributed by atoms with Gasteiger partial charge in [0.2, 0.25) is 0 Å². The third kappa shape index (κ3) is 6.86. The Morgan fingerprint density at radius 1 is 1.15 bits per heavy atom. The first kappa shape index (κ1) is 28.6. The fourth-order valence-corrected chi connectivity index (χ4v) is 5.72. The number of H-pyrrole nitrogens is 1. The van der Waals surface area contributed by atoms with Crippen molar-refractivity contribution in [1.29, 1.82) is 0 Å². The summed E-state index contributed by atoms with van der Waals surface area (Å²) < 4.78 is 5.39. The lowest BCUT2D eigenvalue weighted by Gasteiger charge is -2.33. The molecule has 1 atom stereocenters. The van der Waals surface area contributed by atoms with Crippen molar-refractivity contribution in [3.05, 3.63) is 68.8 Å². The van der Waals surface area contributed by atoms with Gasteiger partial charge in [0.15, 0.2) is 5.82 Å². The van der Waals surface area contributed by atoms with Crippen molar-refractivity contribution in [2.24, 2.45) is 0 Å². The van der Waals surface area contributed by atoms with E-state index < -0.39 is 11.7 Å². The van der Waals surface area contributed by atoms with Gasteiger partial charge in [0.05, 0.1) is 11.4 Å². The van der Waals surface area contributed by atoms with Crippen LogP contribution >= 0.6 is 11.3 Å². The summed E-state index contributed by atoms with van der Waals surface area (Å²) >= 11 is 1.65. The summed E-state index contributed by atoms with van der Waals surface area (Å²) in [6.07, 6.45) is 1.20. The molecule has 0 bridgehead atoms. The van der Waals surface area contributed by atoms with Crippen molar-refractivity contribution >= 4 is 39.8 Å². The first-order chi connectivity index (χ1) is 19.6. The molecule has 1 amide bonds. The molecule has 4 heterocycles. The Morgan fingerprint density at radius 2 is 1.90 bits per heavy atom. The van der Waals surface area contributed by atoms with Crippen LogP contribution in [0.25, 0.3) is 21.9 Å². The number of anilines is 2. The number of likely N-dealkylation sites (N-methyl/N-ethyl adjacent to an activating group) is 1. The molecular weight excluding hydrogens is 538 g/mol. The van der Waals surface area contributed by atoms with Gasteiger partial charge in [0.25, 0.3) is 5.56 Å². The molecule has 1 aliphatic rings. The number of benzene rings is 1. The molecule has 10 nitrogen and oxygen atoms in total. The van der Waals surface area contributed by atoms with E-state index in [4.69, 9.17) is 4.74 Å². The number of piperazine rings is 1. The average Bonchev–Trinajstić information content (AvgIpc) is 3.43. The van der Waals surface area contributed by atoms with Crippen LogP contribution in [0.4, 0.5) is 16.4 Å². The summed E-state index contributed by atoms with van der Waals surface area (Å²) in [6, 6.07) is 12.1. The zero-order valence-corrected chi connectivity index (χ0v) is 25.0. The normalized spacial score (nSPS) is 15.1. The highest BCUT2D eigenvalue weighted by Crippen LogP contribution is 2.33. The Bertz CT molecular complexity index is 1580. The minimum Gasteiger partial charge on any atom is -0.444 e. The molecule has 0 spiro atoms. The van der Waals surface area contributed by atoms with Gasteiger partial charge >= 0.3 is 6.09 Å². The first-order valence-corrected chi connectivity index (χ1v) is 14.7. The number of hydrogen-bond donors (Lipinski definition) is 3. The van der Waals surface area contributed by atoms with E-state index in [2.05, 4.69) is 67.1 Å². The van der Waals surface area contributed by atoms with E-state index in [1.54, 1.807) is 17.5 Å². The number of nitrogens with zero attached hydrogens (tertiary/aromatic N) is 4. The van der Waals surface area contributed by atoms with Crippen LogP contribution in [-0.4, -0.2) is 65.0 Å². The van der Waals surface area contributed by atoms with Crippen molar-refractivity contribution < 1.29 is 9.53 Å². The van der Waals surface area contributed by atoms with Gasteiger partial charge < -0.3 is 25.2 Å². The van der Waals surface area contributed by atoms with Crippen LogP contribution in [0, 0.1) is 0 Å². The van der Waals surface area contributed by atoms with Crippen molar-refractivity contribution in [2.75, 3.05) is 43.4 Å². The number of amides is 1. The molecule has 1 fully saturated rings. The molecule has 1 aliphatic heterocycles.